The van der Waals surface area contributed by atoms with E-state index in [1.807, 2.05) is 24.3 Å². The molecule has 0 saturated heterocycles. The van der Waals surface area contributed by atoms with Gasteiger partial charge in [0.15, 0.2) is 0 Å². The number of halogens is 1. The van der Waals surface area contributed by atoms with Gasteiger partial charge >= 0.3 is 0 Å². The van der Waals surface area contributed by atoms with Gasteiger partial charge in [-0.15, -0.1) is 21.5 Å². The predicted octanol–water partition coefficient (Wildman–Crippen LogP) is 3.08. The van der Waals surface area contributed by atoms with Crippen molar-refractivity contribution in [3.05, 3.63) is 44.9 Å². The first-order valence-corrected chi connectivity index (χ1v) is 7.79. The standard InChI is InChI=1S/C14H16ClN3S/c15-12-4-2-1-3-10(12)9-14-18-17-13(19-14)7-8-16-11-5-6-11/h1-4,11,16H,5-9H2. The molecule has 1 heterocycles. The lowest BCUT2D eigenvalue weighted by Gasteiger charge is -2.00. The highest BCUT2D eigenvalue weighted by Gasteiger charge is 2.19. The van der Waals surface area contributed by atoms with E-state index in [-0.39, 0.29) is 0 Å². The van der Waals surface area contributed by atoms with E-state index in [2.05, 4.69) is 15.5 Å². The predicted molar refractivity (Wildman–Crippen MR) is 78.9 cm³/mol. The van der Waals surface area contributed by atoms with Crippen molar-refractivity contribution in [1.82, 2.24) is 15.5 Å². The third-order valence-electron chi connectivity index (χ3n) is 3.16. The van der Waals surface area contributed by atoms with Crippen molar-refractivity contribution in [2.24, 2.45) is 0 Å². The largest absolute Gasteiger partial charge is 0.314 e. The number of aromatic nitrogens is 2. The van der Waals surface area contributed by atoms with Crippen molar-refractivity contribution >= 4 is 22.9 Å². The zero-order chi connectivity index (χ0) is 13.1. The number of hydrogen-bond acceptors (Lipinski definition) is 4. The SMILES string of the molecule is Clc1ccccc1Cc1nnc(CCNC2CC2)s1. The van der Waals surface area contributed by atoms with Crippen LogP contribution in [0.2, 0.25) is 5.02 Å². The van der Waals surface area contributed by atoms with Gasteiger partial charge in [0.2, 0.25) is 0 Å². The smallest absolute Gasteiger partial charge is 0.121 e. The molecular formula is C14H16ClN3S. The first kappa shape index (κ1) is 13.0. The van der Waals surface area contributed by atoms with Gasteiger partial charge in [-0.1, -0.05) is 29.8 Å². The monoisotopic (exact) mass is 293 g/mol. The third-order valence-corrected chi connectivity index (χ3v) is 4.51. The fourth-order valence-electron chi connectivity index (χ4n) is 1.94. The van der Waals surface area contributed by atoms with Crippen LogP contribution in [0.15, 0.2) is 24.3 Å². The fraction of sp³-hybridized carbons (Fsp3) is 0.429. The van der Waals surface area contributed by atoms with Gasteiger partial charge in [0.1, 0.15) is 10.0 Å². The topological polar surface area (TPSA) is 37.8 Å². The van der Waals surface area contributed by atoms with Gasteiger partial charge in [0.25, 0.3) is 0 Å². The molecule has 0 unspecified atom stereocenters. The Hall–Kier alpha value is -0.970. The summed E-state index contributed by atoms with van der Waals surface area (Å²) in [6.45, 7) is 1.01. The Kier molecular flexibility index (Phi) is 4.11. The summed E-state index contributed by atoms with van der Waals surface area (Å²) < 4.78 is 0. The van der Waals surface area contributed by atoms with Gasteiger partial charge in [-0.2, -0.15) is 0 Å². The van der Waals surface area contributed by atoms with Crippen LogP contribution in [0.5, 0.6) is 0 Å². The molecule has 3 nitrogen and oxygen atoms in total. The highest BCUT2D eigenvalue weighted by molar-refractivity contribution is 7.11. The van der Waals surface area contributed by atoms with Crippen LogP contribution in [0.3, 0.4) is 0 Å². The molecule has 1 fully saturated rings. The molecule has 19 heavy (non-hydrogen) atoms. The zero-order valence-corrected chi connectivity index (χ0v) is 12.2. The molecule has 1 saturated carbocycles. The second kappa shape index (κ2) is 5.99. The lowest BCUT2D eigenvalue weighted by molar-refractivity contribution is 0.677. The molecule has 0 amide bonds. The van der Waals surface area contributed by atoms with Crippen molar-refractivity contribution in [1.29, 1.82) is 0 Å². The minimum Gasteiger partial charge on any atom is -0.314 e. The summed E-state index contributed by atoms with van der Waals surface area (Å²) in [5, 5.41) is 14.9. The average molecular weight is 294 g/mol. The first-order valence-electron chi connectivity index (χ1n) is 6.59. The Labute approximate surface area is 122 Å². The highest BCUT2D eigenvalue weighted by atomic mass is 35.5. The van der Waals surface area contributed by atoms with E-state index < -0.39 is 0 Å². The molecule has 100 valence electrons. The number of rotatable bonds is 6. The minimum atomic E-state index is 0.760. The van der Waals surface area contributed by atoms with Crippen LogP contribution in [0.4, 0.5) is 0 Å². The molecule has 1 aliphatic rings. The van der Waals surface area contributed by atoms with Crippen molar-refractivity contribution in [2.75, 3.05) is 6.54 Å². The van der Waals surface area contributed by atoms with Gasteiger partial charge in [-0.25, -0.2) is 0 Å². The Morgan fingerprint density at radius 3 is 2.79 bits per heavy atom. The molecule has 0 aliphatic heterocycles. The van der Waals surface area contributed by atoms with Crippen molar-refractivity contribution in [3.8, 4) is 0 Å². The highest BCUT2D eigenvalue weighted by Crippen LogP contribution is 2.21. The van der Waals surface area contributed by atoms with Crippen molar-refractivity contribution in [2.45, 2.75) is 31.7 Å². The van der Waals surface area contributed by atoms with Gasteiger partial charge in [0.05, 0.1) is 0 Å². The summed E-state index contributed by atoms with van der Waals surface area (Å²) in [6, 6.07) is 8.66. The van der Waals surface area contributed by atoms with Gasteiger partial charge in [-0.3, -0.25) is 0 Å². The average Bonchev–Trinajstić information content (AvgIpc) is 3.12. The summed E-state index contributed by atoms with van der Waals surface area (Å²) in [7, 11) is 0. The van der Waals surface area contributed by atoms with Crippen LogP contribution < -0.4 is 5.32 Å². The van der Waals surface area contributed by atoms with E-state index in [0.717, 1.165) is 46.0 Å². The van der Waals surface area contributed by atoms with Crippen LogP contribution in [-0.2, 0) is 12.8 Å². The molecule has 3 rings (SSSR count). The van der Waals surface area contributed by atoms with E-state index in [0.29, 0.717) is 0 Å². The second-order valence-electron chi connectivity index (χ2n) is 4.84. The van der Waals surface area contributed by atoms with Crippen LogP contribution in [-0.4, -0.2) is 22.8 Å². The summed E-state index contributed by atoms with van der Waals surface area (Å²) in [5.41, 5.74) is 1.11. The van der Waals surface area contributed by atoms with E-state index in [1.165, 1.54) is 12.8 Å². The Balaban J connectivity index is 1.56. The van der Waals surface area contributed by atoms with Gasteiger partial charge in [0, 0.05) is 30.5 Å². The minimum absolute atomic E-state index is 0.760. The lowest BCUT2D eigenvalue weighted by Crippen LogP contribution is -2.19. The maximum atomic E-state index is 6.15. The van der Waals surface area contributed by atoms with E-state index >= 15 is 0 Å². The summed E-state index contributed by atoms with van der Waals surface area (Å²) in [4.78, 5) is 0. The fourth-order valence-corrected chi connectivity index (χ4v) is 3.01. The Morgan fingerprint density at radius 2 is 2.00 bits per heavy atom. The number of hydrogen-bond donors (Lipinski definition) is 1. The summed E-state index contributed by atoms with van der Waals surface area (Å²) in [5.74, 6) is 0. The first-order chi connectivity index (χ1) is 9.31. The summed E-state index contributed by atoms with van der Waals surface area (Å²) >= 11 is 7.84. The molecule has 1 aliphatic carbocycles. The summed E-state index contributed by atoms with van der Waals surface area (Å²) in [6.07, 6.45) is 4.39. The molecule has 0 spiro atoms. The molecule has 2 aromatic rings. The van der Waals surface area contributed by atoms with Crippen LogP contribution >= 0.6 is 22.9 Å². The maximum Gasteiger partial charge on any atom is 0.121 e. The Bertz CT molecular complexity index is 551. The normalized spacial score (nSPS) is 14.8. The second-order valence-corrected chi connectivity index (χ2v) is 6.39. The van der Waals surface area contributed by atoms with Crippen LogP contribution in [0.25, 0.3) is 0 Å². The molecule has 1 aromatic heterocycles. The number of benzene rings is 1. The molecule has 1 N–H and O–H groups in total. The molecule has 0 radical (unpaired) electrons. The van der Waals surface area contributed by atoms with E-state index in [4.69, 9.17) is 11.6 Å². The third kappa shape index (κ3) is 3.75. The van der Waals surface area contributed by atoms with E-state index in [1.54, 1.807) is 11.3 Å². The molecule has 5 heteroatoms. The number of nitrogens with zero attached hydrogens (tertiary/aromatic N) is 2. The molecule has 1 aromatic carbocycles. The molecule has 0 atom stereocenters. The lowest BCUT2D eigenvalue weighted by atomic mass is 10.2. The quantitative estimate of drug-likeness (QED) is 0.889. The van der Waals surface area contributed by atoms with E-state index in [9.17, 15) is 0 Å². The molecular weight excluding hydrogens is 278 g/mol. The Morgan fingerprint density at radius 1 is 1.21 bits per heavy atom. The number of nitrogens with one attached hydrogen (secondary N) is 1. The molecule has 0 bridgehead atoms. The van der Waals surface area contributed by atoms with Crippen LogP contribution in [0, 0.1) is 0 Å². The zero-order valence-electron chi connectivity index (χ0n) is 10.6. The van der Waals surface area contributed by atoms with Gasteiger partial charge < -0.3 is 5.32 Å². The van der Waals surface area contributed by atoms with Crippen molar-refractivity contribution < 1.29 is 0 Å². The van der Waals surface area contributed by atoms with Crippen LogP contribution in [0.1, 0.15) is 28.4 Å². The van der Waals surface area contributed by atoms with Crippen molar-refractivity contribution in [3.63, 3.8) is 0 Å². The van der Waals surface area contributed by atoms with Gasteiger partial charge in [-0.05, 0) is 24.5 Å². The maximum absolute atomic E-state index is 6.15.